The summed E-state index contributed by atoms with van der Waals surface area (Å²) in [5.74, 6) is 0. The van der Waals surface area contributed by atoms with E-state index in [0.29, 0.717) is 0 Å². The van der Waals surface area contributed by atoms with Crippen LogP contribution in [0.2, 0.25) is 0 Å². The molecule has 0 nitrogen and oxygen atoms in total. The molecule has 0 spiro atoms. The molecule has 2 aliphatic carbocycles. The SMILES string of the molecule is CCCCC(Cc1ccccc1)=c1ccc2c(c1C1=CC=CC1)[C]([Zr+2])=c1ccccc1=2.[Cl-].[Cl-]. The standard InChI is InChI=1S/C30H27.2ClH.Zr/c1-2-3-13-24(20-22-11-5-4-6-12-22)27-18-19-28-26-17-10-9-16-25(26)21-29(28)30(27)23-14-7-8-15-23;;;/h4-12,14,16-19H,2-3,13,15,20H2,1H3;2*1H;/q;;;+2/p-2. The second-order valence-corrected chi connectivity index (χ2v) is 9.75. The Bertz CT molecular complexity index is 1420. The summed E-state index contributed by atoms with van der Waals surface area (Å²) in [6.45, 7) is 2.30. The van der Waals surface area contributed by atoms with Gasteiger partial charge in [-0.05, 0) is 0 Å². The molecule has 5 rings (SSSR count). The predicted octanol–water partition coefficient (Wildman–Crippen LogP) is -0.0748. The maximum Gasteiger partial charge on any atom is -1.00 e. The molecule has 3 aromatic rings. The molecule has 0 heterocycles. The normalized spacial score (nSPS) is 14.2. The summed E-state index contributed by atoms with van der Waals surface area (Å²) < 4.78 is 1.51. The molecule has 2 aliphatic rings. The van der Waals surface area contributed by atoms with Gasteiger partial charge in [-0.1, -0.05) is 0 Å². The Labute approximate surface area is 224 Å². The first-order valence-electron chi connectivity index (χ1n) is 11.4. The van der Waals surface area contributed by atoms with Gasteiger partial charge in [-0.2, -0.15) is 0 Å². The van der Waals surface area contributed by atoms with Gasteiger partial charge in [0.05, 0.1) is 0 Å². The van der Waals surface area contributed by atoms with Crippen LogP contribution in [0.3, 0.4) is 0 Å². The van der Waals surface area contributed by atoms with Crippen molar-refractivity contribution in [3.05, 3.63) is 123 Å². The van der Waals surface area contributed by atoms with Crippen molar-refractivity contribution in [3.63, 3.8) is 0 Å². The Hall–Kier alpha value is -1.66. The molecule has 0 amide bonds. The molecular formula is C30H27Cl2Zr. The van der Waals surface area contributed by atoms with Crippen molar-refractivity contribution in [1.29, 1.82) is 0 Å². The molecule has 0 saturated carbocycles. The van der Waals surface area contributed by atoms with E-state index >= 15 is 0 Å². The predicted molar refractivity (Wildman–Crippen MR) is 127 cm³/mol. The van der Waals surface area contributed by atoms with Crippen LogP contribution >= 0.6 is 0 Å². The zero-order chi connectivity index (χ0) is 21.2. The van der Waals surface area contributed by atoms with E-state index in [0.717, 1.165) is 19.3 Å². The number of benzene rings is 3. The van der Waals surface area contributed by atoms with E-state index in [9.17, 15) is 0 Å². The second kappa shape index (κ2) is 11.7. The zero-order valence-corrected chi connectivity index (χ0v) is 22.8. The van der Waals surface area contributed by atoms with E-state index in [1.807, 2.05) is 0 Å². The van der Waals surface area contributed by atoms with Gasteiger partial charge in [-0.25, -0.2) is 0 Å². The van der Waals surface area contributed by atoms with Crippen LogP contribution in [0, 0.1) is 10.4 Å². The molecule has 0 bridgehead atoms. The molecular weight excluding hydrogens is 522 g/mol. The topological polar surface area (TPSA) is 0 Å². The first kappa shape index (κ1) is 26.0. The molecule has 0 unspecified atom stereocenters. The van der Waals surface area contributed by atoms with E-state index in [1.165, 1.54) is 84.0 Å². The molecule has 0 N–H and O–H groups in total. The van der Waals surface area contributed by atoms with Crippen LogP contribution in [0.1, 0.15) is 49.3 Å². The summed E-state index contributed by atoms with van der Waals surface area (Å²) in [7, 11) is 0. The number of hydrogen-bond acceptors (Lipinski definition) is 0. The molecule has 0 radical (unpaired) electrons. The average molecular weight is 550 g/mol. The third-order valence-electron chi connectivity index (χ3n) is 6.51. The number of allylic oxidation sites excluding steroid dienone is 4. The summed E-state index contributed by atoms with van der Waals surface area (Å²) in [6.07, 6.45) is 12.6. The molecule has 165 valence electrons. The van der Waals surface area contributed by atoms with Crippen LogP contribution in [0.25, 0.3) is 14.4 Å². The van der Waals surface area contributed by atoms with E-state index < -0.39 is 0 Å². The number of rotatable bonds is 6. The molecule has 3 aromatic carbocycles. The molecule has 0 saturated heterocycles. The second-order valence-electron chi connectivity index (χ2n) is 8.52. The fourth-order valence-electron chi connectivity index (χ4n) is 4.97. The van der Waals surface area contributed by atoms with Gasteiger partial charge in [-0.15, -0.1) is 0 Å². The monoisotopic (exact) mass is 547 g/mol. The third-order valence-corrected chi connectivity index (χ3v) is 7.78. The van der Waals surface area contributed by atoms with E-state index in [4.69, 9.17) is 0 Å². The van der Waals surface area contributed by atoms with Gasteiger partial charge < -0.3 is 24.8 Å². The van der Waals surface area contributed by atoms with Gasteiger partial charge in [-0.3, -0.25) is 0 Å². The van der Waals surface area contributed by atoms with Gasteiger partial charge in [0.2, 0.25) is 0 Å². The van der Waals surface area contributed by atoms with Crippen LogP contribution in [0.4, 0.5) is 0 Å². The maximum absolute atomic E-state index is 2.42. The van der Waals surface area contributed by atoms with Gasteiger partial charge in [0.1, 0.15) is 0 Å². The molecule has 0 fully saturated rings. The zero-order valence-electron chi connectivity index (χ0n) is 18.9. The summed E-state index contributed by atoms with van der Waals surface area (Å²) in [5, 5.41) is 5.72. The Morgan fingerprint density at radius 1 is 0.818 bits per heavy atom. The smallest absolute Gasteiger partial charge is 1.00 e. The van der Waals surface area contributed by atoms with Gasteiger partial charge in [0.15, 0.2) is 0 Å². The van der Waals surface area contributed by atoms with Crippen molar-refractivity contribution in [2.75, 3.05) is 0 Å². The Morgan fingerprint density at radius 3 is 2.24 bits per heavy atom. The van der Waals surface area contributed by atoms with Gasteiger partial charge in [0, 0.05) is 0 Å². The van der Waals surface area contributed by atoms with Crippen LogP contribution < -0.4 is 35.3 Å². The summed E-state index contributed by atoms with van der Waals surface area (Å²) in [6, 6.07) is 24.8. The molecule has 3 heteroatoms. The summed E-state index contributed by atoms with van der Waals surface area (Å²) in [5.41, 5.74) is 7.45. The number of unbranched alkanes of at least 4 members (excludes halogenated alkanes) is 1. The van der Waals surface area contributed by atoms with Crippen LogP contribution in [-0.2, 0) is 31.1 Å². The first-order chi connectivity index (χ1) is 15.3. The van der Waals surface area contributed by atoms with Crippen molar-refractivity contribution < 1.29 is 49.5 Å². The summed E-state index contributed by atoms with van der Waals surface area (Å²) >= 11 is 1.50. The van der Waals surface area contributed by atoms with E-state index in [2.05, 4.69) is 91.9 Å². The van der Waals surface area contributed by atoms with Crippen molar-refractivity contribution in [2.45, 2.75) is 39.0 Å². The van der Waals surface area contributed by atoms with Crippen molar-refractivity contribution in [2.24, 2.45) is 0 Å². The largest absolute Gasteiger partial charge is 1.00 e. The minimum Gasteiger partial charge on any atom is -1.00 e. The third kappa shape index (κ3) is 5.07. The first-order valence-corrected chi connectivity index (χ1v) is 12.6. The minimum absolute atomic E-state index is 0. The van der Waals surface area contributed by atoms with Gasteiger partial charge >= 0.3 is 201 Å². The van der Waals surface area contributed by atoms with Crippen LogP contribution in [-0.4, -0.2) is 0 Å². The average Bonchev–Trinajstić information content (AvgIpc) is 3.44. The number of fused-ring (bicyclic) bond motifs is 2. The summed E-state index contributed by atoms with van der Waals surface area (Å²) in [4.78, 5) is 0. The number of hydrogen-bond donors (Lipinski definition) is 0. The Balaban J connectivity index is 0.00000153. The molecule has 33 heavy (non-hydrogen) atoms. The van der Waals surface area contributed by atoms with Crippen molar-refractivity contribution >= 4 is 14.4 Å². The van der Waals surface area contributed by atoms with Gasteiger partial charge in [0.25, 0.3) is 0 Å². The van der Waals surface area contributed by atoms with E-state index in [-0.39, 0.29) is 24.8 Å². The number of halogens is 2. The van der Waals surface area contributed by atoms with Crippen molar-refractivity contribution in [1.82, 2.24) is 0 Å². The van der Waals surface area contributed by atoms with E-state index in [1.54, 1.807) is 5.57 Å². The molecule has 0 atom stereocenters. The Morgan fingerprint density at radius 2 is 1.55 bits per heavy atom. The maximum atomic E-state index is 2.42. The van der Waals surface area contributed by atoms with Crippen LogP contribution in [0.5, 0.6) is 0 Å². The fourth-order valence-corrected chi connectivity index (χ4v) is 6.14. The van der Waals surface area contributed by atoms with Crippen LogP contribution in [0.15, 0.2) is 85.0 Å². The molecule has 0 aromatic heterocycles. The molecule has 0 aliphatic heterocycles. The Kier molecular flexibility index (Phi) is 9.17. The fraction of sp³-hybridized carbons (Fsp3) is 0.200. The van der Waals surface area contributed by atoms with Crippen molar-refractivity contribution in [3.8, 4) is 0 Å². The quantitative estimate of drug-likeness (QED) is 0.404. The minimum atomic E-state index is 0.